The van der Waals surface area contributed by atoms with E-state index in [9.17, 15) is 9.59 Å². The van der Waals surface area contributed by atoms with E-state index in [0.717, 1.165) is 25.7 Å². The molecular weight excluding hydrogens is 272 g/mol. The van der Waals surface area contributed by atoms with Crippen molar-refractivity contribution in [3.8, 4) is 0 Å². The molecule has 2 rings (SSSR count). The minimum Gasteiger partial charge on any atom is -0.396 e. The van der Waals surface area contributed by atoms with Crippen LogP contribution < -0.4 is 21.9 Å². The van der Waals surface area contributed by atoms with Gasteiger partial charge in [0.1, 0.15) is 11.5 Å². The molecule has 1 aromatic heterocycles. The summed E-state index contributed by atoms with van der Waals surface area (Å²) in [4.78, 5) is 28.4. The maximum atomic E-state index is 12.2. The minimum atomic E-state index is -0.459. The Kier molecular flexibility index (Phi) is 5.06. The second-order valence-corrected chi connectivity index (χ2v) is 5.50. The average Bonchev–Trinajstić information content (AvgIpc) is 2.38. The highest BCUT2D eigenvalue weighted by Crippen LogP contribution is 2.30. The lowest BCUT2D eigenvalue weighted by Gasteiger charge is -2.39. The molecule has 1 aliphatic carbocycles. The number of aromatic amines is 1. The summed E-state index contributed by atoms with van der Waals surface area (Å²) in [6, 6.07) is 0.271. The smallest absolute Gasteiger partial charge is 0.330 e. The van der Waals surface area contributed by atoms with Gasteiger partial charge in [0.2, 0.25) is 0 Å². The van der Waals surface area contributed by atoms with Gasteiger partial charge in [0, 0.05) is 25.7 Å². The quantitative estimate of drug-likeness (QED) is 0.670. The normalized spacial score (nSPS) is 15.0. The summed E-state index contributed by atoms with van der Waals surface area (Å²) in [6.45, 7) is 3.06. The first-order chi connectivity index (χ1) is 10.1. The number of nitrogens with two attached hydrogens (primary N) is 1. The Bertz CT molecular complexity index is 589. The Hall–Kier alpha value is -1.76. The zero-order chi connectivity index (χ0) is 15.4. The van der Waals surface area contributed by atoms with E-state index < -0.39 is 11.2 Å². The van der Waals surface area contributed by atoms with E-state index in [2.05, 4.69) is 4.98 Å². The second kappa shape index (κ2) is 6.80. The monoisotopic (exact) mass is 296 g/mol. The molecular formula is C14H24N4O3. The molecule has 0 bridgehead atoms. The molecule has 0 unspecified atom stereocenters. The Morgan fingerprint density at radius 3 is 2.67 bits per heavy atom. The van der Waals surface area contributed by atoms with Crippen LogP contribution in [0.1, 0.15) is 39.0 Å². The van der Waals surface area contributed by atoms with Crippen molar-refractivity contribution in [2.75, 3.05) is 23.8 Å². The Morgan fingerprint density at radius 2 is 2.14 bits per heavy atom. The molecule has 1 aromatic rings. The predicted molar refractivity (Wildman–Crippen MR) is 82.7 cm³/mol. The molecule has 0 atom stereocenters. The maximum Gasteiger partial charge on any atom is 0.330 e. The fraction of sp³-hybridized carbons (Fsp3) is 0.714. The van der Waals surface area contributed by atoms with Crippen molar-refractivity contribution in [3.05, 3.63) is 20.8 Å². The van der Waals surface area contributed by atoms with Gasteiger partial charge in [-0.1, -0.05) is 6.92 Å². The van der Waals surface area contributed by atoms with Crippen LogP contribution in [-0.2, 0) is 6.54 Å². The van der Waals surface area contributed by atoms with Crippen LogP contribution in [0.4, 0.5) is 11.5 Å². The molecule has 1 saturated carbocycles. The molecule has 7 nitrogen and oxygen atoms in total. The molecule has 0 saturated heterocycles. The summed E-state index contributed by atoms with van der Waals surface area (Å²) >= 11 is 0. The van der Waals surface area contributed by atoms with Gasteiger partial charge in [-0.25, -0.2) is 4.79 Å². The zero-order valence-electron chi connectivity index (χ0n) is 12.5. The van der Waals surface area contributed by atoms with Gasteiger partial charge in [-0.3, -0.25) is 14.3 Å². The first-order valence-electron chi connectivity index (χ1n) is 7.60. The highest BCUT2D eigenvalue weighted by Gasteiger charge is 2.29. The number of aliphatic hydroxyl groups is 1. The molecule has 1 fully saturated rings. The number of hydrogen-bond donors (Lipinski definition) is 3. The molecule has 4 N–H and O–H groups in total. The van der Waals surface area contributed by atoms with Crippen molar-refractivity contribution in [1.29, 1.82) is 0 Å². The third kappa shape index (κ3) is 3.12. The van der Waals surface area contributed by atoms with Crippen molar-refractivity contribution < 1.29 is 5.11 Å². The van der Waals surface area contributed by atoms with Gasteiger partial charge in [-0.05, 0) is 32.1 Å². The minimum absolute atomic E-state index is 0.0651. The molecule has 21 heavy (non-hydrogen) atoms. The highest BCUT2D eigenvalue weighted by molar-refractivity contribution is 5.63. The van der Waals surface area contributed by atoms with Crippen molar-refractivity contribution in [2.45, 2.75) is 51.6 Å². The van der Waals surface area contributed by atoms with Crippen molar-refractivity contribution in [3.63, 3.8) is 0 Å². The van der Waals surface area contributed by atoms with Crippen LogP contribution in [0.25, 0.3) is 0 Å². The molecule has 118 valence electrons. The Labute approximate surface area is 123 Å². The Morgan fingerprint density at radius 1 is 1.43 bits per heavy atom. The van der Waals surface area contributed by atoms with Crippen molar-refractivity contribution in [2.24, 2.45) is 0 Å². The first kappa shape index (κ1) is 15.6. The third-order valence-corrected chi connectivity index (χ3v) is 4.02. The predicted octanol–water partition coefficient (Wildman–Crippen LogP) is 0.270. The van der Waals surface area contributed by atoms with E-state index in [0.29, 0.717) is 25.2 Å². The number of nitrogen functional groups attached to an aromatic ring is 1. The zero-order valence-corrected chi connectivity index (χ0v) is 12.5. The van der Waals surface area contributed by atoms with Crippen LogP contribution in [0.2, 0.25) is 0 Å². The number of anilines is 2. The molecule has 1 aliphatic rings. The van der Waals surface area contributed by atoms with E-state index in [-0.39, 0.29) is 18.5 Å². The Balaban J connectivity index is 2.45. The van der Waals surface area contributed by atoms with E-state index in [4.69, 9.17) is 10.8 Å². The van der Waals surface area contributed by atoms with Crippen molar-refractivity contribution in [1.82, 2.24) is 9.55 Å². The van der Waals surface area contributed by atoms with Crippen LogP contribution >= 0.6 is 0 Å². The van der Waals surface area contributed by atoms with Crippen LogP contribution in [-0.4, -0.2) is 33.9 Å². The van der Waals surface area contributed by atoms with E-state index in [1.165, 1.54) is 4.57 Å². The number of aromatic nitrogens is 2. The molecule has 7 heteroatoms. The summed E-state index contributed by atoms with van der Waals surface area (Å²) < 4.78 is 1.42. The van der Waals surface area contributed by atoms with Gasteiger partial charge in [0.15, 0.2) is 0 Å². The molecule has 0 amide bonds. The number of aliphatic hydroxyl groups excluding tert-OH is 1. The summed E-state index contributed by atoms with van der Waals surface area (Å²) in [7, 11) is 0. The van der Waals surface area contributed by atoms with Crippen LogP contribution in [0.3, 0.4) is 0 Å². The van der Waals surface area contributed by atoms with Gasteiger partial charge in [-0.2, -0.15) is 0 Å². The fourth-order valence-corrected chi connectivity index (χ4v) is 2.72. The number of nitrogens with one attached hydrogen (secondary N) is 1. The van der Waals surface area contributed by atoms with Crippen LogP contribution in [0.15, 0.2) is 9.59 Å². The number of hydrogen-bond acceptors (Lipinski definition) is 5. The summed E-state index contributed by atoms with van der Waals surface area (Å²) in [5.74, 6) is 0.232. The summed E-state index contributed by atoms with van der Waals surface area (Å²) in [5, 5.41) is 9.06. The SMILES string of the molecule is CCCn1c(N)c(N(CCCO)C2CCC2)c(=O)[nH]c1=O. The topological polar surface area (TPSA) is 104 Å². The van der Waals surface area contributed by atoms with Crippen LogP contribution in [0.5, 0.6) is 0 Å². The van der Waals surface area contributed by atoms with Gasteiger partial charge < -0.3 is 15.7 Å². The van der Waals surface area contributed by atoms with Gasteiger partial charge in [-0.15, -0.1) is 0 Å². The average molecular weight is 296 g/mol. The number of nitrogens with zero attached hydrogens (tertiary/aromatic N) is 2. The molecule has 0 spiro atoms. The van der Waals surface area contributed by atoms with E-state index in [1.54, 1.807) is 0 Å². The number of rotatable bonds is 7. The molecule has 0 aromatic carbocycles. The molecule has 1 heterocycles. The molecule has 0 radical (unpaired) electrons. The second-order valence-electron chi connectivity index (χ2n) is 5.50. The lowest BCUT2D eigenvalue weighted by Crippen LogP contribution is -2.46. The fourth-order valence-electron chi connectivity index (χ4n) is 2.72. The standard InChI is InChI=1S/C14H24N4O3/c1-2-7-18-12(15)11(13(20)16-14(18)21)17(8-4-9-19)10-5-3-6-10/h10,19H,2-9,15H2,1H3,(H,16,20,21). The lowest BCUT2D eigenvalue weighted by atomic mass is 9.91. The van der Waals surface area contributed by atoms with E-state index in [1.807, 2.05) is 11.8 Å². The lowest BCUT2D eigenvalue weighted by molar-refractivity contribution is 0.282. The highest BCUT2D eigenvalue weighted by atomic mass is 16.3. The molecule has 0 aliphatic heterocycles. The summed E-state index contributed by atoms with van der Waals surface area (Å²) in [6.07, 6.45) is 4.49. The maximum absolute atomic E-state index is 12.2. The summed E-state index contributed by atoms with van der Waals surface area (Å²) in [5.41, 5.74) is 5.58. The van der Waals surface area contributed by atoms with Crippen molar-refractivity contribution >= 4 is 11.5 Å². The van der Waals surface area contributed by atoms with Crippen LogP contribution in [0, 0.1) is 0 Å². The largest absolute Gasteiger partial charge is 0.396 e. The number of H-pyrrole nitrogens is 1. The van der Waals surface area contributed by atoms with Gasteiger partial charge >= 0.3 is 5.69 Å². The first-order valence-corrected chi connectivity index (χ1v) is 7.60. The third-order valence-electron chi connectivity index (χ3n) is 4.02. The van der Waals surface area contributed by atoms with Gasteiger partial charge in [0.05, 0.1) is 0 Å². The van der Waals surface area contributed by atoms with Gasteiger partial charge in [0.25, 0.3) is 5.56 Å². The van der Waals surface area contributed by atoms with E-state index >= 15 is 0 Å².